The quantitative estimate of drug-likeness (QED) is 0.352. The first-order valence-corrected chi connectivity index (χ1v) is 12.5. The zero-order chi connectivity index (χ0) is 23.9. The van der Waals surface area contributed by atoms with Crippen LogP contribution in [0.3, 0.4) is 0 Å². The molecule has 3 rings (SSSR count). The van der Waals surface area contributed by atoms with Crippen molar-refractivity contribution >= 4 is 15.7 Å². The van der Waals surface area contributed by atoms with Crippen LogP contribution in [-0.2, 0) is 25.9 Å². The SMILES string of the molecule is CCOC1CCC([C@](NCc2cccnc2)(C(=O)NO)S(=O)(=O)c2ccc(OC)cc2)CC1. The molecule has 0 aliphatic heterocycles. The third-order valence-electron chi connectivity index (χ3n) is 6.16. The number of benzene rings is 1. The molecule has 1 heterocycles. The predicted molar refractivity (Wildman–Crippen MR) is 121 cm³/mol. The maximum Gasteiger partial charge on any atom is 0.280 e. The molecule has 0 spiro atoms. The van der Waals surface area contributed by atoms with Crippen molar-refractivity contribution in [3.05, 3.63) is 54.4 Å². The van der Waals surface area contributed by atoms with E-state index in [9.17, 15) is 18.4 Å². The van der Waals surface area contributed by atoms with E-state index < -0.39 is 26.5 Å². The number of hydroxylamine groups is 1. The van der Waals surface area contributed by atoms with Crippen molar-refractivity contribution in [2.45, 2.75) is 55.0 Å². The number of methoxy groups -OCH3 is 1. The van der Waals surface area contributed by atoms with Gasteiger partial charge < -0.3 is 9.47 Å². The van der Waals surface area contributed by atoms with Crippen LogP contribution in [0.1, 0.15) is 38.2 Å². The zero-order valence-electron chi connectivity index (χ0n) is 18.9. The summed E-state index contributed by atoms with van der Waals surface area (Å²) in [6.07, 6.45) is 5.34. The topological polar surface area (TPSA) is 127 Å². The van der Waals surface area contributed by atoms with Crippen molar-refractivity contribution in [2.24, 2.45) is 5.92 Å². The van der Waals surface area contributed by atoms with E-state index in [0.717, 1.165) is 0 Å². The summed E-state index contributed by atoms with van der Waals surface area (Å²) in [6.45, 7) is 2.56. The van der Waals surface area contributed by atoms with E-state index in [1.165, 1.54) is 31.4 Å². The average Bonchev–Trinajstić information content (AvgIpc) is 2.85. The van der Waals surface area contributed by atoms with Crippen LogP contribution in [0, 0.1) is 5.92 Å². The van der Waals surface area contributed by atoms with E-state index in [-0.39, 0.29) is 17.5 Å². The summed E-state index contributed by atoms with van der Waals surface area (Å²) in [5, 5.41) is 12.7. The first-order chi connectivity index (χ1) is 15.9. The van der Waals surface area contributed by atoms with E-state index in [4.69, 9.17) is 9.47 Å². The number of hydrogen-bond donors (Lipinski definition) is 3. The molecule has 0 bridgehead atoms. The van der Waals surface area contributed by atoms with Gasteiger partial charge >= 0.3 is 0 Å². The third kappa shape index (κ3) is 5.19. The Morgan fingerprint density at radius 3 is 2.42 bits per heavy atom. The van der Waals surface area contributed by atoms with Crippen LogP contribution in [0.2, 0.25) is 0 Å². The Kier molecular flexibility index (Phi) is 8.41. The first kappa shape index (κ1) is 25.1. The molecule has 33 heavy (non-hydrogen) atoms. The van der Waals surface area contributed by atoms with Crippen LogP contribution < -0.4 is 15.5 Å². The lowest BCUT2D eigenvalue weighted by molar-refractivity contribution is -0.135. The molecule has 1 aliphatic carbocycles. The van der Waals surface area contributed by atoms with Gasteiger partial charge in [-0.3, -0.25) is 20.3 Å². The predicted octanol–water partition coefficient (Wildman–Crippen LogP) is 2.45. The highest BCUT2D eigenvalue weighted by Crippen LogP contribution is 2.40. The number of amides is 1. The van der Waals surface area contributed by atoms with Gasteiger partial charge in [0, 0.05) is 31.5 Å². The number of ether oxygens (including phenoxy) is 2. The minimum atomic E-state index is -4.30. The maximum atomic E-state index is 14.1. The largest absolute Gasteiger partial charge is 0.497 e. The Balaban J connectivity index is 2.06. The van der Waals surface area contributed by atoms with Crippen molar-refractivity contribution < 1.29 is 27.9 Å². The van der Waals surface area contributed by atoms with Gasteiger partial charge in [-0.1, -0.05) is 6.07 Å². The van der Waals surface area contributed by atoms with E-state index >= 15 is 0 Å². The van der Waals surface area contributed by atoms with Crippen LogP contribution in [0.25, 0.3) is 0 Å². The number of rotatable bonds is 10. The van der Waals surface area contributed by atoms with Gasteiger partial charge in [0.25, 0.3) is 5.91 Å². The van der Waals surface area contributed by atoms with Crippen LogP contribution in [0.5, 0.6) is 5.75 Å². The molecule has 1 saturated carbocycles. The first-order valence-electron chi connectivity index (χ1n) is 11.0. The molecule has 0 saturated heterocycles. The summed E-state index contributed by atoms with van der Waals surface area (Å²) in [4.78, 5) is 15.2. The number of hydrogen-bond acceptors (Lipinski definition) is 8. The molecular weight excluding hydrogens is 446 g/mol. The van der Waals surface area contributed by atoms with Crippen molar-refractivity contribution in [3.63, 3.8) is 0 Å². The summed E-state index contributed by atoms with van der Waals surface area (Å²) in [5.41, 5.74) is 2.33. The molecule has 1 aromatic heterocycles. The maximum absolute atomic E-state index is 14.1. The molecule has 180 valence electrons. The Hall–Kier alpha value is -2.53. The lowest BCUT2D eigenvalue weighted by atomic mass is 9.81. The van der Waals surface area contributed by atoms with Crippen molar-refractivity contribution in [1.82, 2.24) is 15.8 Å². The molecule has 0 radical (unpaired) electrons. The molecule has 1 amide bonds. The summed E-state index contributed by atoms with van der Waals surface area (Å²) in [6, 6.07) is 9.39. The van der Waals surface area contributed by atoms with E-state index in [1.54, 1.807) is 30.0 Å². The number of nitrogens with zero attached hydrogens (tertiary/aromatic N) is 1. The van der Waals surface area contributed by atoms with Gasteiger partial charge in [0.05, 0.1) is 18.1 Å². The second-order valence-electron chi connectivity index (χ2n) is 8.00. The van der Waals surface area contributed by atoms with E-state index in [1.807, 2.05) is 6.92 Å². The van der Waals surface area contributed by atoms with Gasteiger partial charge in [-0.2, -0.15) is 0 Å². The normalized spacial score (nSPS) is 20.6. The Labute approximate surface area is 194 Å². The molecule has 1 aliphatic rings. The van der Waals surface area contributed by atoms with Crippen molar-refractivity contribution in [2.75, 3.05) is 13.7 Å². The van der Waals surface area contributed by atoms with E-state index in [0.29, 0.717) is 43.6 Å². The van der Waals surface area contributed by atoms with Gasteiger partial charge in [-0.15, -0.1) is 0 Å². The Morgan fingerprint density at radius 1 is 1.18 bits per heavy atom. The highest BCUT2D eigenvalue weighted by molar-refractivity contribution is 7.93. The summed E-state index contributed by atoms with van der Waals surface area (Å²) >= 11 is 0. The van der Waals surface area contributed by atoms with Crippen LogP contribution in [0.15, 0.2) is 53.7 Å². The number of nitrogens with one attached hydrogen (secondary N) is 2. The number of carbonyl (C=O) groups excluding carboxylic acids is 1. The minimum Gasteiger partial charge on any atom is -0.497 e. The summed E-state index contributed by atoms with van der Waals surface area (Å²) in [5.74, 6) is -1.11. The van der Waals surface area contributed by atoms with Gasteiger partial charge in [-0.25, -0.2) is 13.9 Å². The second kappa shape index (κ2) is 11.1. The van der Waals surface area contributed by atoms with Crippen LogP contribution >= 0.6 is 0 Å². The fraction of sp³-hybridized carbons (Fsp3) is 0.478. The monoisotopic (exact) mass is 477 g/mol. The highest BCUT2D eigenvalue weighted by Gasteiger charge is 2.57. The van der Waals surface area contributed by atoms with Gasteiger partial charge in [0.15, 0.2) is 0 Å². The number of sulfone groups is 1. The molecule has 9 nitrogen and oxygen atoms in total. The number of carbonyl (C=O) groups is 1. The van der Waals surface area contributed by atoms with Gasteiger partial charge in [0.1, 0.15) is 5.75 Å². The Bertz CT molecular complexity index is 1010. The van der Waals surface area contributed by atoms with Gasteiger partial charge in [0.2, 0.25) is 14.7 Å². The fourth-order valence-corrected chi connectivity index (χ4v) is 6.57. The van der Waals surface area contributed by atoms with Crippen LogP contribution in [-0.4, -0.2) is 49.2 Å². The molecular formula is C23H31N3O6S. The van der Waals surface area contributed by atoms with Crippen molar-refractivity contribution in [3.8, 4) is 5.75 Å². The molecule has 1 aromatic carbocycles. The minimum absolute atomic E-state index is 0.0168. The molecule has 3 N–H and O–H groups in total. The van der Waals surface area contributed by atoms with Crippen LogP contribution in [0.4, 0.5) is 0 Å². The molecule has 1 fully saturated rings. The third-order valence-corrected chi connectivity index (χ3v) is 8.57. The molecule has 10 heteroatoms. The van der Waals surface area contributed by atoms with Gasteiger partial charge in [-0.05, 0) is 68.5 Å². The van der Waals surface area contributed by atoms with Crippen molar-refractivity contribution in [1.29, 1.82) is 0 Å². The fourth-order valence-electron chi connectivity index (χ4n) is 4.48. The zero-order valence-corrected chi connectivity index (χ0v) is 19.7. The summed E-state index contributed by atoms with van der Waals surface area (Å²) in [7, 11) is -2.81. The average molecular weight is 478 g/mol. The number of aromatic nitrogens is 1. The number of pyridine rings is 1. The lowest BCUT2D eigenvalue weighted by Gasteiger charge is -2.42. The second-order valence-corrected chi connectivity index (χ2v) is 10.1. The lowest BCUT2D eigenvalue weighted by Crippen LogP contribution is -2.66. The Morgan fingerprint density at radius 2 is 1.88 bits per heavy atom. The molecule has 2 aromatic rings. The highest BCUT2D eigenvalue weighted by atomic mass is 32.2. The molecule has 1 atom stereocenters. The molecule has 0 unspecified atom stereocenters. The summed E-state index contributed by atoms with van der Waals surface area (Å²) < 4.78 is 39.0. The smallest absolute Gasteiger partial charge is 0.280 e. The standard InChI is InChI=1S/C23H31N3O6S/c1-3-32-20-8-6-18(7-9-20)23(22(27)26-28,25-16-17-5-4-14-24-15-17)33(29,30)21-12-10-19(31-2)11-13-21/h4-5,10-15,18,20,25,28H,3,6-9,16H2,1-2H3,(H,26,27)/t18?,20?,23-/m1/s1. The van der Waals surface area contributed by atoms with E-state index in [2.05, 4.69) is 10.3 Å².